The summed E-state index contributed by atoms with van der Waals surface area (Å²) in [4.78, 5) is 17.2. The van der Waals surface area contributed by atoms with E-state index in [0.717, 1.165) is 25.7 Å². The Morgan fingerprint density at radius 3 is 2.38 bits per heavy atom. The maximum Gasteiger partial charge on any atom is 0.289 e. The Hall–Kier alpha value is -1.51. The van der Waals surface area contributed by atoms with Gasteiger partial charge in [0.1, 0.15) is 0 Å². The minimum absolute atomic E-state index is 0.162. The normalized spacial score (nSPS) is 16.3. The molecule has 0 atom stereocenters. The van der Waals surface area contributed by atoms with Crippen LogP contribution in [0.2, 0.25) is 0 Å². The Morgan fingerprint density at radius 2 is 1.81 bits per heavy atom. The van der Waals surface area contributed by atoms with Gasteiger partial charge >= 0.3 is 0 Å². The smallest absolute Gasteiger partial charge is 0.284 e. The molecule has 1 fully saturated rings. The summed E-state index contributed by atoms with van der Waals surface area (Å²) >= 11 is 0. The summed E-state index contributed by atoms with van der Waals surface area (Å²) < 4.78 is 24.5. The molecule has 1 aromatic rings. The topological polar surface area (TPSA) is 98.5 Å². The number of nitrogens with one attached hydrogen (secondary N) is 1. The Morgan fingerprint density at radius 1 is 1.24 bits per heavy atom. The summed E-state index contributed by atoms with van der Waals surface area (Å²) in [7, 11) is -4.08. The van der Waals surface area contributed by atoms with E-state index in [1.54, 1.807) is 13.8 Å². The van der Waals surface area contributed by atoms with Gasteiger partial charge in [0.2, 0.25) is 0 Å². The molecule has 0 unspecified atom stereocenters. The molecule has 1 aliphatic carbocycles. The predicted octanol–water partition coefficient (Wildman–Crippen LogP) is 2.36. The number of hydrogen-bond donors (Lipinski definition) is 1. The molecule has 1 aliphatic rings. The van der Waals surface area contributed by atoms with E-state index in [2.05, 4.69) is 0 Å². The van der Waals surface area contributed by atoms with Crippen LogP contribution in [0.3, 0.4) is 0 Å². The zero-order chi connectivity index (χ0) is 15.6. The van der Waals surface area contributed by atoms with Gasteiger partial charge in [-0.2, -0.15) is 0 Å². The molecule has 116 valence electrons. The van der Waals surface area contributed by atoms with E-state index in [-0.39, 0.29) is 11.0 Å². The molecule has 8 heteroatoms. The van der Waals surface area contributed by atoms with Crippen molar-refractivity contribution in [3.05, 3.63) is 33.4 Å². The lowest BCUT2D eigenvalue weighted by atomic mass is 10.1. The van der Waals surface area contributed by atoms with Crippen molar-refractivity contribution in [2.75, 3.05) is 0 Å². The van der Waals surface area contributed by atoms with E-state index in [1.165, 1.54) is 12.1 Å². The summed E-state index contributed by atoms with van der Waals surface area (Å²) in [5, 5.41) is 11.1. The Kier molecular flexibility index (Phi) is 4.60. The number of rotatable bonds is 5. The molecule has 0 amide bonds. The van der Waals surface area contributed by atoms with E-state index in [4.69, 9.17) is 4.84 Å². The predicted molar refractivity (Wildman–Crippen MR) is 76.2 cm³/mol. The fraction of sp³-hybridized carbons (Fsp3) is 0.538. The van der Waals surface area contributed by atoms with Crippen LogP contribution in [-0.2, 0) is 14.9 Å². The van der Waals surface area contributed by atoms with Crippen molar-refractivity contribution in [2.24, 2.45) is 0 Å². The number of nitro benzene ring substituents is 1. The Labute approximate surface area is 123 Å². The molecular weight excluding hydrogens is 296 g/mol. The quantitative estimate of drug-likeness (QED) is 0.664. The summed E-state index contributed by atoms with van der Waals surface area (Å²) in [6.07, 6.45) is 3.41. The van der Waals surface area contributed by atoms with Gasteiger partial charge in [-0.05, 0) is 43.9 Å². The molecule has 0 aromatic heterocycles. The van der Waals surface area contributed by atoms with Crippen molar-refractivity contribution in [3.63, 3.8) is 0 Å². The molecular formula is C13H18N2O5S. The lowest BCUT2D eigenvalue weighted by Crippen LogP contribution is -2.29. The second-order valence-corrected chi connectivity index (χ2v) is 6.89. The van der Waals surface area contributed by atoms with Crippen LogP contribution in [0, 0.1) is 24.0 Å². The third-order valence-electron chi connectivity index (χ3n) is 3.69. The Bertz CT molecular complexity index is 651. The Balaban J connectivity index is 2.29. The zero-order valence-corrected chi connectivity index (χ0v) is 12.8. The number of sulfonamides is 1. The van der Waals surface area contributed by atoms with Crippen molar-refractivity contribution in [1.29, 1.82) is 0 Å². The maximum absolute atomic E-state index is 12.2. The van der Waals surface area contributed by atoms with E-state index >= 15 is 0 Å². The van der Waals surface area contributed by atoms with Crippen molar-refractivity contribution in [3.8, 4) is 0 Å². The monoisotopic (exact) mass is 314 g/mol. The second-order valence-electron chi connectivity index (χ2n) is 5.27. The molecule has 0 aliphatic heterocycles. The first-order valence-corrected chi connectivity index (χ1v) is 8.22. The number of hydrogen-bond acceptors (Lipinski definition) is 5. The third-order valence-corrected chi connectivity index (χ3v) is 4.91. The van der Waals surface area contributed by atoms with Crippen LogP contribution in [0.4, 0.5) is 5.69 Å². The van der Waals surface area contributed by atoms with Gasteiger partial charge in [0.05, 0.1) is 11.0 Å². The van der Waals surface area contributed by atoms with Crippen molar-refractivity contribution in [2.45, 2.75) is 50.5 Å². The first-order chi connectivity index (χ1) is 9.81. The minimum Gasteiger partial charge on any atom is -0.284 e. The van der Waals surface area contributed by atoms with Crippen LogP contribution < -0.4 is 4.89 Å². The second kappa shape index (κ2) is 6.08. The fourth-order valence-corrected chi connectivity index (χ4v) is 3.41. The van der Waals surface area contributed by atoms with Gasteiger partial charge in [0, 0.05) is 6.07 Å². The third kappa shape index (κ3) is 3.58. The largest absolute Gasteiger partial charge is 0.289 e. The highest BCUT2D eigenvalue weighted by Gasteiger charge is 2.28. The van der Waals surface area contributed by atoms with Crippen molar-refractivity contribution in [1.82, 2.24) is 4.89 Å². The number of aryl methyl sites for hydroxylation is 2. The van der Waals surface area contributed by atoms with Crippen molar-refractivity contribution >= 4 is 15.7 Å². The summed E-state index contributed by atoms with van der Waals surface area (Å²) in [5.41, 5.74) is 0.889. The van der Waals surface area contributed by atoms with Crippen LogP contribution in [-0.4, -0.2) is 19.4 Å². The first-order valence-electron chi connectivity index (χ1n) is 6.74. The summed E-state index contributed by atoms with van der Waals surface area (Å²) in [5.74, 6) is 0. The van der Waals surface area contributed by atoms with Gasteiger partial charge in [0.15, 0.2) is 4.90 Å². The fourth-order valence-electron chi connectivity index (χ4n) is 2.31. The molecule has 0 radical (unpaired) electrons. The van der Waals surface area contributed by atoms with Crippen LogP contribution in [0.15, 0.2) is 17.0 Å². The highest BCUT2D eigenvalue weighted by atomic mass is 32.2. The summed E-state index contributed by atoms with van der Waals surface area (Å²) in [6.45, 7) is 3.40. The van der Waals surface area contributed by atoms with Gasteiger partial charge in [-0.25, -0.2) is 8.42 Å². The summed E-state index contributed by atoms with van der Waals surface area (Å²) in [6, 6.07) is 2.56. The van der Waals surface area contributed by atoms with E-state index in [1.807, 2.05) is 4.89 Å². The lowest BCUT2D eigenvalue weighted by molar-refractivity contribution is -0.387. The highest BCUT2D eigenvalue weighted by molar-refractivity contribution is 7.89. The number of benzene rings is 1. The van der Waals surface area contributed by atoms with Gasteiger partial charge in [-0.15, -0.1) is 0 Å². The number of nitrogens with zero attached hydrogens (tertiary/aromatic N) is 1. The minimum atomic E-state index is -4.08. The highest BCUT2D eigenvalue weighted by Crippen LogP contribution is 2.28. The molecule has 2 rings (SSSR count). The molecule has 1 N–H and O–H groups in total. The van der Waals surface area contributed by atoms with Crippen LogP contribution in [0.5, 0.6) is 0 Å². The first kappa shape index (κ1) is 15.9. The zero-order valence-electron chi connectivity index (χ0n) is 12.0. The molecule has 0 spiro atoms. The number of nitro groups is 1. The van der Waals surface area contributed by atoms with E-state index in [0.29, 0.717) is 11.1 Å². The SMILES string of the molecule is Cc1cc([N+](=O)[O-])c(S(=O)(=O)NOC2CCCC2)cc1C. The van der Waals surface area contributed by atoms with Crippen molar-refractivity contribution < 1.29 is 18.2 Å². The maximum atomic E-state index is 12.2. The van der Waals surface area contributed by atoms with E-state index < -0.39 is 20.6 Å². The average molecular weight is 314 g/mol. The molecule has 1 saturated carbocycles. The van der Waals surface area contributed by atoms with Crippen LogP contribution >= 0.6 is 0 Å². The molecule has 21 heavy (non-hydrogen) atoms. The molecule has 1 aromatic carbocycles. The van der Waals surface area contributed by atoms with Gasteiger partial charge in [0.25, 0.3) is 15.7 Å². The molecule has 0 heterocycles. The molecule has 0 saturated heterocycles. The van der Waals surface area contributed by atoms with E-state index in [9.17, 15) is 18.5 Å². The molecule has 7 nitrogen and oxygen atoms in total. The molecule has 0 bridgehead atoms. The van der Waals surface area contributed by atoms with Crippen LogP contribution in [0.1, 0.15) is 36.8 Å². The standard InChI is InChI=1S/C13H18N2O5S/c1-9-7-12(15(16)17)13(8-10(9)2)21(18,19)14-20-11-5-3-4-6-11/h7-8,11,14H,3-6H2,1-2H3. The van der Waals surface area contributed by atoms with Gasteiger partial charge < -0.3 is 0 Å². The van der Waals surface area contributed by atoms with Crippen LogP contribution in [0.25, 0.3) is 0 Å². The van der Waals surface area contributed by atoms with Gasteiger partial charge in [-0.1, -0.05) is 17.7 Å². The lowest BCUT2D eigenvalue weighted by Gasteiger charge is -2.13. The average Bonchev–Trinajstić information content (AvgIpc) is 2.92. The van der Waals surface area contributed by atoms with Gasteiger partial charge in [-0.3, -0.25) is 15.0 Å².